The molecule has 0 bridgehead atoms. The summed E-state index contributed by atoms with van der Waals surface area (Å²) in [6.45, 7) is 1.58. The fourth-order valence-corrected chi connectivity index (χ4v) is 2.19. The number of likely N-dealkylation sites (tertiary alicyclic amines) is 1. The molecule has 1 aliphatic carbocycles. The molecule has 0 radical (unpaired) electrons. The Morgan fingerprint density at radius 1 is 1.36 bits per heavy atom. The lowest BCUT2D eigenvalue weighted by molar-refractivity contribution is 0.0310. The van der Waals surface area contributed by atoms with E-state index in [-0.39, 0.29) is 6.42 Å². The summed E-state index contributed by atoms with van der Waals surface area (Å²) in [6.07, 6.45) is 1.79. The Kier molecular flexibility index (Phi) is 1.32. The number of hydrogen-bond donors (Lipinski definition) is 0. The van der Waals surface area contributed by atoms with Crippen molar-refractivity contribution in [1.82, 2.24) is 4.90 Å². The first-order chi connectivity index (χ1) is 5.06. The Labute approximate surface area is 65.4 Å². The van der Waals surface area contributed by atoms with E-state index in [4.69, 9.17) is 0 Å². The van der Waals surface area contributed by atoms with E-state index in [1.165, 1.54) is 0 Å². The Morgan fingerprint density at radius 2 is 2.00 bits per heavy atom. The van der Waals surface area contributed by atoms with Crippen molar-refractivity contribution >= 4 is 0 Å². The van der Waals surface area contributed by atoms with E-state index in [1.807, 2.05) is 11.9 Å². The lowest BCUT2D eigenvalue weighted by Gasteiger charge is -2.29. The van der Waals surface area contributed by atoms with Crippen molar-refractivity contribution in [3.05, 3.63) is 0 Å². The van der Waals surface area contributed by atoms with Crippen molar-refractivity contribution in [1.29, 1.82) is 0 Å². The van der Waals surface area contributed by atoms with Gasteiger partial charge in [0.15, 0.2) is 0 Å². The third-order valence-electron chi connectivity index (χ3n) is 2.98. The second kappa shape index (κ2) is 1.94. The van der Waals surface area contributed by atoms with Crippen LogP contribution >= 0.6 is 0 Å². The fraction of sp³-hybridized carbons (Fsp3) is 1.00. The molecule has 1 saturated carbocycles. The van der Waals surface area contributed by atoms with Crippen LogP contribution in [0.25, 0.3) is 0 Å². The number of nitrogens with zero attached hydrogens (tertiary/aromatic N) is 1. The molecule has 11 heavy (non-hydrogen) atoms. The Bertz CT molecular complexity index is 181. The molecule has 0 aromatic heterocycles. The average Bonchev–Trinajstić information content (AvgIpc) is 2.32. The zero-order valence-electron chi connectivity index (χ0n) is 6.74. The van der Waals surface area contributed by atoms with Crippen molar-refractivity contribution < 1.29 is 8.78 Å². The number of piperidine rings is 1. The van der Waals surface area contributed by atoms with Gasteiger partial charge in [0.05, 0.1) is 5.41 Å². The van der Waals surface area contributed by atoms with E-state index < -0.39 is 11.3 Å². The van der Waals surface area contributed by atoms with Gasteiger partial charge in [0.2, 0.25) is 0 Å². The molecule has 0 amide bonds. The predicted octanol–water partition coefficient (Wildman–Crippen LogP) is 1.74. The molecule has 0 aromatic rings. The maximum atomic E-state index is 12.8. The average molecular weight is 161 g/mol. The minimum absolute atomic E-state index is 0.129. The first kappa shape index (κ1) is 7.47. The molecule has 1 spiro atoms. The minimum atomic E-state index is -2.35. The molecule has 64 valence electrons. The largest absolute Gasteiger partial charge is 0.306 e. The third-order valence-corrected chi connectivity index (χ3v) is 2.98. The Hall–Kier alpha value is -0.180. The van der Waals surface area contributed by atoms with Gasteiger partial charge in [-0.25, -0.2) is 8.78 Å². The van der Waals surface area contributed by atoms with Crippen LogP contribution in [0.2, 0.25) is 0 Å². The van der Waals surface area contributed by atoms with Gasteiger partial charge in [-0.05, 0) is 26.4 Å². The summed E-state index contributed by atoms with van der Waals surface area (Å²) in [5, 5.41) is 0. The number of alkyl halides is 2. The van der Waals surface area contributed by atoms with Crippen LogP contribution in [0, 0.1) is 5.41 Å². The van der Waals surface area contributed by atoms with Crippen LogP contribution in [0.3, 0.4) is 0 Å². The summed E-state index contributed by atoms with van der Waals surface area (Å²) >= 11 is 0. The highest BCUT2D eigenvalue weighted by Gasteiger charge is 2.70. The number of hydrogen-bond acceptors (Lipinski definition) is 1. The van der Waals surface area contributed by atoms with Crippen LogP contribution in [0.1, 0.15) is 19.3 Å². The van der Waals surface area contributed by atoms with E-state index in [9.17, 15) is 8.78 Å². The maximum absolute atomic E-state index is 12.8. The van der Waals surface area contributed by atoms with Gasteiger partial charge in [-0.15, -0.1) is 0 Å². The van der Waals surface area contributed by atoms with Gasteiger partial charge in [-0.1, -0.05) is 0 Å². The summed E-state index contributed by atoms with van der Waals surface area (Å²) in [7, 11) is 1.93. The number of halogens is 2. The van der Waals surface area contributed by atoms with E-state index in [0.29, 0.717) is 6.54 Å². The van der Waals surface area contributed by atoms with Crippen molar-refractivity contribution in [3.63, 3.8) is 0 Å². The van der Waals surface area contributed by atoms with Crippen molar-refractivity contribution in [3.8, 4) is 0 Å². The molecule has 2 aliphatic rings. The summed E-state index contributed by atoms with van der Waals surface area (Å²) in [6, 6.07) is 0. The molecular formula is C8H13F2N. The highest BCUT2D eigenvalue weighted by atomic mass is 19.3. The molecule has 0 aromatic carbocycles. The van der Waals surface area contributed by atoms with Crippen molar-refractivity contribution in [2.75, 3.05) is 20.1 Å². The fourth-order valence-electron chi connectivity index (χ4n) is 2.19. The molecule has 2 fully saturated rings. The molecule has 1 saturated heterocycles. The van der Waals surface area contributed by atoms with Gasteiger partial charge in [-0.2, -0.15) is 0 Å². The molecule has 1 atom stereocenters. The van der Waals surface area contributed by atoms with E-state index >= 15 is 0 Å². The molecule has 1 heterocycles. The zero-order valence-corrected chi connectivity index (χ0v) is 6.74. The van der Waals surface area contributed by atoms with E-state index in [2.05, 4.69) is 0 Å². The predicted molar refractivity (Wildman–Crippen MR) is 38.7 cm³/mol. The highest BCUT2D eigenvalue weighted by Crippen LogP contribution is 2.64. The van der Waals surface area contributed by atoms with Crippen molar-refractivity contribution in [2.45, 2.75) is 25.2 Å². The zero-order chi connectivity index (χ0) is 8.11. The monoisotopic (exact) mass is 161 g/mol. The topological polar surface area (TPSA) is 3.24 Å². The SMILES string of the molecule is CN1CCC[C@@]2(C1)CC2(F)F. The lowest BCUT2D eigenvalue weighted by Crippen LogP contribution is -2.36. The van der Waals surface area contributed by atoms with E-state index in [1.54, 1.807) is 0 Å². The first-order valence-electron chi connectivity index (χ1n) is 4.12. The molecule has 0 N–H and O–H groups in total. The first-order valence-corrected chi connectivity index (χ1v) is 4.12. The Balaban J connectivity index is 2.06. The molecular weight excluding hydrogens is 148 g/mol. The molecule has 0 unspecified atom stereocenters. The summed E-state index contributed by atoms with van der Waals surface area (Å²) in [5.74, 6) is -2.35. The Morgan fingerprint density at radius 3 is 2.36 bits per heavy atom. The van der Waals surface area contributed by atoms with Gasteiger partial charge in [0.1, 0.15) is 0 Å². The maximum Gasteiger partial charge on any atom is 0.255 e. The van der Waals surface area contributed by atoms with Crippen LogP contribution in [-0.4, -0.2) is 31.0 Å². The van der Waals surface area contributed by atoms with Gasteiger partial charge < -0.3 is 4.90 Å². The van der Waals surface area contributed by atoms with Crippen LogP contribution < -0.4 is 0 Å². The van der Waals surface area contributed by atoms with Gasteiger partial charge in [0, 0.05) is 13.0 Å². The van der Waals surface area contributed by atoms with Crippen molar-refractivity contribution in [2.24, 2.45) is 5.41 Å². The molecule has 2 rings (SSSR count). The summed E-state index contributed by atoms with van der Waals surface area (Å²) in [5.41, 5.74) is -0.611. The van der Waals surface area contributed by atoms with Crippen LogP contribution in [0.5, 0.6) is 0 Å². The second-order valence-electron chi connectivity index (χ2n) is 4.00. The minimum Gasteiger partial charge on any atom is -0.306 e. The summed E-state index contributed by atoms with van der Waals surface area (Å²) < 4.78 is 25.6. The third kappa shape index (κ3) is 0.975. The molecule has 1 nitrogen and oxygen atoms in total. The lowest BCUT2D eigenvalue weighted by atomic mass is 9.95. The number of rotatable bonds is 0. The normalized spacial score (nSPS) is 42.8. The van der Waals surface area contributed by atoms with Crippen LogP contribution in [0.4, 0.5) is 8.78 Å². The molecule has 3 heteroatoms. The van der Waals surface area contributed by atoms with E-state index in [0.717, 1.165) is 19.4 Å². The van der Waals surface area contributed by atoms with Gasteiger partial charge in [-0.3, -0.25) is 0 Å². The van der Waals surface area contributed by atoms with Crippen LogP contribution in [0.15, 0.2) is 0 Å². The highest BCUT2D eigenvalue weighted by molar-refractivity contribution is 5.12. The molecule has 1 aliphatic heterocycles. The standard InChI is InChI=1S/C8H13F2N/c1-11-4-2-3-7(6-11)5-8(7,9)10/h2-6H2,1H3/t7-/m0/s1. The second-order valence-corrected chi connectivity index (χ2v) is 4.00. The van der Waals surface area contributed by atoms with Crippen LogP contribution in [-0.2, 0) is 0 Å². The summed E-state index contributed by atoms with van der Waals surface area (Å²) in [4.78, 5) is 2.02. The van der Waals surface area contributed by atoms with Gasteiger partial charge >= 0.3 is 0 Å². The van der Waals surface area contributed by atoms with Gasteiger partial charge in [0.25, 0.3) is 5.92 Å². The smallest absolute Gasteiger partial charge is 0.255 e. The quantitative estimate of drug-likeness (QED) is 0.523.